The van der Waals surface area contributed by atoms with Crippen molar-refractivity contribution in [3.05, 3.63) is 11.1 Å². The average molecular weight is 228 g/mol. The van der Waals surface area contributed by atoms with Crippen LogP contribution in [-0.2, 0) is 11.2 Å². The van der Waals surface area contributed by atoms with Crippen LogP contribution in [0.4, 0.5) is 5.13 Å². The minimum Gasteiger partial charge on any atom is -0.481 e. The zero-order valence-corrected chi connectivity index (χ0v) is 9.64. The fraction of sp³-hybridized carbons (Fsp3) is 0.600. The molecule has 5 heteroatoms. The number of rotatable bonds is 7. The van der Waals surface area contributed by atoms with Gasteiger partial charge in [0, 0.05) is 18.3 Å². The Labute approximate surface area is 93.4 Å². The van der Waals surface area contributed by atoms with E-state index in [0.717, 1.165) is 30.2 Å². The minimum absolute atomic E-state index is 0.250. The van der Waals surface area contributed by atoms with Crippen molar-refractivity contribution in [2.75, 3.05) is 11.9 Å². The van der Waals surface area contributed by atoms with Crippen LogP contribution < -0.4 is 5.32 Å². The van der Waals surface area contributed by atoms with Crippen LogP contribution in [0.1, 0.15) is 31.9 Å². The van der Waals surface area contributed by atoms with Crippen LogP contribution in [0.2, 0.25) is 0 Å². The molecule has 0 atom stereocenters. The molecule has 0 aromatic carbocycles. The second-order valence-corrected chi connectivity index (χ2v) is 4.13. The van der Waals surface area contributed by atoms with Gasteiger partial charge in [-0.2, -0.15) is 0 Å². The molecule has 0 saturated carbocycles. The van der Waals surface area contributed by atoms with Gasteiger partial charge in [0.15, 0.2) is 5.13 Å². The fourth-order valence-electron chi connectivity index (χ4n) is 1.15. The molecule has 0 aliphatic rings. The van der Waals surface area contributed by atoms with E-state index in [1.54, 1.807) is 11.3 Å². The molecule has 15 heavy (non-hydrogen) atoms. The quantitative estimate of drug-likeness (QED) is 0.703. The van der Waals surface area contributed by atoms with Crippen LogP contribution in [0, 0.1) is 0 Å². The monoisotopic (exact) mass is 228 g/mol. The van der Waals surface area contributed by atoms with Crippen molar-refractivity contribution in [2.24, 2.45) is 0 Å². The first-order valence-electron chi connectivity index (χ1n) is 5.12. The molecule has 2 N–H and O–H groups in total. The zero-order valence-electron chi connectivity index (χ0n) is 8.82. The van der Waals surface area contributed by atoms with E-state index < -0.39 is 5.97 Å². The van der Waals surface area contributed by atoms with Gasteiger partial charge in [-0.15, -0.1) is 11.3 Å². The number of carbonyl (C=O) groups is 1. The lowest BCUT2D eigenvalue weighted by Crippen LogP contribution is -2.02. The molecule has 0 unspecified atom stereocenters. The number of nitrogens with one attached hydrogen (secondary N) is 1. The number of anilines is 1. The molecule has 1 aromatic rings. The van der Waals surface area contributed by atoms with Crippen molar-refractivity contribution in [3.8, 4) is 0 Å². The van der Waals surface area contributed by atoms with E-state index >= 15 is 0 Å². The molecule has 0 spiro atoms. The molecule has 0 saturated heterocycles. The lowest BCUT2D eigenvalue weighted by molar-refractivity contribution is -0.137. The van der Waals surface area contributed by atoms with Crippen molar-refractivity contribution < 1.29 is 9.90 Å². The Morgan fingerprint density at radius 2 is 2.40 bits per heavy atom. The summed E-state index contributed by atoms with van der Waals surface area (Å²) in [7, 11) is 0. The molecule has 1 aromatic heterocycles. The van der Waals surface area contributed by atoms with Gasteiger partial charge in [-0.05, 0) is 19.3 Å². The molecule has 0 fully saturated rings. The first-order chi connectivity index (χ1) is 7.22. The highest BCUT2D eigenvalue weighted by Gasteiger charge is 1.99. The topological polar surface area (TPSA) is 62.2 Å². The molecule has 1 heterocycles. The lowest BCUT2D eigenvalue weighted by atomic mass is 10.2. The Bertz CT molecular complexity index is 312. The summed E-state index contributed by atoms with van der Waals surface area (Å²) in [5, 5.41) is 14.6. The second-order valence-electron chi connectivity index (χ2n) is 3.28. The van der Waals surface area contributed by atoms with Gasteiger partial charge >= 0.3 is 5.97 Å². The third-order valence-electron chi connectivity index (χ3n) is 2.01. The van der Waals surface area contributed by atoms with E-state index in [-0.39, 0.29) is 6.42 Å². The van der Waals surface area contributed by atoms with E-state index in [9.17, 15) is 4.79 Å². The van der Waals surface area contributed by atoms with Gasteiger partial charge in [0.2, 0.25) is 0 Å². The summed E-state index contributed by atoms with van der Waals surface area (Å²) in [6.45, 7) is 2.87. The smallest absolute Gasteiger partial charge is 0.303 e. The van der Waals surface area contributed by atoms with Crippen molar-refractivity contribution in [2.45, 2.75) is 32.6 Å². The van der Waals surface area contributed by atoms with Gasteiger partial charge in [-0.1, -0.05) is 6.92 Å². The van der Waals surface area contributed by atoms with E-state index in [2.05, 4.69) is 17.2 Å². The molecule has 1 rings (SSSR count). The summed E-state index contributed by atoms with van der Waals surface area (Å²) in [6, 6.07) is 0. The number of carboxylic acid groups (broad SMARTS) is 1. The number of nitrogens with zero attached hydrogens (tertiary/aromatic N) is 1. The molecule has 0 aliphatic heterocycles. The Kier molecular flexibility index (Phi) is 5.10. The standard InChI is InChI=1S/C10H16N2O2S/c1-2-8-7-15-10(12-8)11-6-4-3-5-9(13)14/h7H,2-6H2,1H3,(H,11,12)(H,13,14). The van der Waals surface area contributed by atoms with Crippen molar-refractivity contribution in [1.82, 2.24) is 4.98 Å². The number of thiazole rings is 1. The predicted molar refractivity (Wildman–Crippen MR) is 61.5 cm³/mol. The maximum absolute atomic E-state index is 10.2. The van der Waals surface area contributed by atoms with Crippen molar-refractivity contribution in [1.29, 1.82) is 0 Å². The van der Waals surface area contributed by atoms with Crippen LogP contribution in [0.5, 0.6) is 0 Å². The number of aromatic nitrogens is 1. The summed E-state index contributed by atoms with van der Waals surface area (Å²) < 4.78 is 0. The number of aryl methyl sites for hydroxylation is 1. The maximum Gasteiger partial charge on any atom is 0.303 e. The van der Waals surface area contributed by atoms with Crippen molar-refractivity contribution >= 4 is 22.4 Å². The third kappa shape index (κ3) is 4.78. The summed E-state index contributed by atoms with van der Waals surface area (Å²) in [4.78, 5) is 14.6. The molecule has 0 radical (unpaired) electrons. The molecule has 0 bridgehead atoms. The van der Waals surface area contributed by atoms with Gasteiger partial charge in [0.1, 0.15) is 0 Å². The first kappa shape index (κ1) is 12.0. The van der Waals surface area contributed by atoms with Crippen LogP contribution in [0.15, 0.2) is 5.38 Å². The lowest BCUT2D eigenvalue weighted by Gasteiger charge is -2.00. The second kappa shape index (κ2) is 6.40. The van der Waals surface area contributed by atoms with E-state index in [0.29, 0.717) is 6.42 Å². The molecule has 4 nitrogen and oxygen atoms in total. The Morgan fingerprint density at radius 3 is 3.00 bits per heavy atom. The van der Waals surface area contributed by atoms with Crippen LogP contribution in [-0.4, -0.2) is 22.6 Å². The largest absolute Gasteiger partial charge is 0.481 e. The van der Waals surface area contributed by atoms with Crippen molar-refractivity contribution in [3.63, 3.8) is 0 Å². The average Bonchev–Trinajstić information content (AvgIpc) is 2.65. The summed E-state index contributed by atoms with van der Waals surface area (Å²) in [6.07, 6.45) is 2.79. The molecular weight excluding hydrogens is 212 g/mol. The molecular formula is C10H16N2O2S. The van der Waals surface area contributed by atoms with Gasteiger partial charge in [0.05, 0.1) is 5.69 Å². The highest BCUT2D eigenvalue weighted by molar-refractivity contribution is 7.13. The van der Waals surface area contributed by atoms with Crippen LogP contribution in [0.25, 0.3) is 0 Å². The first-order valence-corrected chi connectivity index (χ1v) is 6.00. The summed E-state index contributed by atoms with van der Waals surface area (Å²) in [5.41, 5.74) is 1.10. The molecule has 0 aliphatic carbocycles. The third-order valence-corrected chi connectivity index (χ3v) is 2.86. The number of aliphatic carboxylic acids is 1. The molecule has 84 valence electrons. The van der Waals surface area contributed by atoms with Gasteiger partial charge < -0.3 is 10.4 Å². The highest BCUT2D eigenvalue weighted by Crippen LogP contribution is 2.15. The van der Waals surface area contributed by atoms with E-state index in [1.807, 2.05) is 5.38 Å². The van der Waals surface area contributed by atoms with E-state index in [1.165, 1.54) is 0 Å². The van der Waals surface area contributed by atoms with Gasteiger partial charge in [0.25, 0.3) is 0 Å². The summed E-state index contributed by atoms with van der Waals surface area (Å²) >= 11 is 1.60. The van der Waals surface area contributed by atoms with E-state index in [4.69, 9.17) is 5.11 Å². The zero-order chi connectivity index (χ0) is 11.1. The summed E-state index contributed by atoms with van der Waals surface area (Å²) in [5.74, 6) is -0.725. The number of hydrogen-bond donors (Lipinski definition) is 2. The fourth-order valence-corrected chi connectivity index (χ4v) is 1.97. The highest BCUT2D eigenvalue weighted by atomic mass is 32.1. The minimum atomic E-state index is -0.725. The van der Waals surface area contributed by atoms with Gasteiger partial charge in [-0.25, -0.2) is 4.98 Å². The maximum atomic E-state index is 10.2. The predicted octanol–water partition coefficient (Wildman–Crippen LogP) is 2.37. The van der Waals surface area contributed by atoms with Crippen LogP contribution in [0.3, 0.4) is 0 Å². The number of unbranched alkanes of at least 4 members (excludes halogenated alkanes) is 1. The van der Waals surface area contributed by atoms with Crippen LogP contribution >= 0.6 is 11.3 Å². The number of hydrogen-bond acceptors (Lipinski definition) is 4. The Hall–Kier alpha value is -1.10. The number of carboxylic acids is 1. The molecule has 0 amide bonds. The SMILES string of the molecule is CCc1csc(NCCCCC(=O)O)n1. The Balaban J connectivity index is 2.12. The normalized spacial score (nSPS) is 10.2. The van der Waals surface area contributed by atoms with Gasteiger partial charge in [-0.3, -0.25) is 4.79 Å². The Morgan fingerprint density at radius 1 is 1.60 bits per heavy atom.